The first-order chi connectivity index (χ1) is 3.93. The molecular formula is C7H12ClN. The lowest BCUT2D eigenvalue weighted by Gasteiger charge is -1.77. The molecule has 52 valence electrons. The molecule has 0 radical (unpaired) electrons. The third-order valence-corrected chi connectivity index (χ3v) is 1.31. The average Bonchev–Trinajstić information content (AvgIpc) is 2.51. The lowest BCUT2D eigenvalue weighted by Crippen LogP contribution is -1.92. The van der Waals surface area contributed by atoms with Crippen molar-refractivity contribution in [2.45, 2.75) is 19.3 Å². The van der Waals surface area contributed by atoms with Crippen molar-refractivity contribution in [2.75, 3.05) is 6.54 Å². The Kier molecular flexibility index (Phi) is 4.57. The van der Waals surface area contributed by atoms with E-state index >= 15 is 0 Å². The summed E-state index contributed by atoms with van der Waals surface area (Å²) in [6, 6.07) is 0. The van der Waals surface area contributed by atoms with Gasteiger partial charge in [0, 0.05) is 6.42 Å². The molecule has 1 aliphatic carbocycles. The Labute approximate surface area is 62.4 Å². The van der Waals surface area contributed by atoms with Gasteiger partial charge in [-0.05, 0) is 18.8 Å². The molecule has 2 N–H and O–H groups in total. The van der Waals surface area contributed by atoms with E-state index in [0.29, 0.717) is 6.54 Å². The first-order valence-electron chi connectivity index (χ1n) is 3.09. The molecule has 1 saturated carbocycles. The van der Waals surface area contributed by atoms with Crippen LogP contribution in [-0.2, 0) is 0 Å². The van der Waals surface area contributed by atoms with E-state index in [-0.39, 0.29) is 12.4 Å². The number of hydrogen-bond donors (Lipinski definition) is 1. The molecule has 0 amide bonds. The fourth-order valence-electron chi connectivity index (χ4n) is 0.611. The monoisotopic (exact) mass is 145 g/mol. The zero-order valence-corrected chi connectivity index (χ0v) is 6.21. The maximum Gasteiger partial charge on any atom is 0.0551 e. The molecule has 2 heteroatoms. The normalized spacial score (nSPS) is 15.2. The number of halogens is 1. The average molecular weight is 146 g/mol. The summed E-state index contributed by atoms with van der Waals surface area (Å²) in [5.41, 5.74) is 5.16. The molecule has 9 heavy (non-hydrogen) atoms. The Hall–Kier alpha value is -0.190. The smallest absolute Gasteiger partial charge is 0.0551 e. The number of nitrogens with two attached hydrogens (primary N) is 1. The van der Waals surface area contributed by atoms with Gasteiger partial charge in [0.25, 0.3) is 0 Å². The van der Waals surface area contributed by atoms with E-state index in [1.165, 1.54) is 12.8 Å². The zero-order chi connectivity index (χ0) is 5.82. The minimum absolute atomic E-state index is 0. The van der Waals surface area contributed by atoms with Crippen LogP contribution < -0.4 is 5.73 Å². The van der Waals surface area contributed by atoms with E-state index < -0.39 is 0 Å². The van der Waals surface area contributed by atoms with Gasteiger partial charge in [0.1, 0.15) is 0 Å². The topological polar surface area (TPSA) is 26.0 Å². The van der Waals surface area contributed by atoms with E-state index in [1.807, 2.05) is 0 Å². The van der Waals surface area contributed by atoms with Crippen molar-refractivity contribution in [1.29, 1.82) is 0 Å². The van der Waals surface area contributed by atoms with Crippen molar-refractivity contribution in [3.05, 3.63) is 0 Å². The molecular weight excluding hydrogens is 134 g/mol. The van der Waals surface area contributed by atoms with Gasteiger partial charge >= 0.3 is 0 Å². The summed E-state index contributed by atoms with van der Waals surface area (Å²) < 4.78 is 0. The molecule has 0 atom stereocenters. The van der Waals surface area contributed by atoms with E-state index in [0.717, 1.165) is 12.3 Å². The second-order valence-corrected chi connectivity index (χ2v) is 2.21. The molecule has 0 heterocycles. The van der Waals surface area contributed by atoms with Gasteiger partial charge in [-0.2, -0.15) is 0 Å². The van der Waals surface area contributed by atoms with Crippen LogP contribution >= 0.6 is 12.4 Å². The van der Waals surface area contributed by atoms with Crippen LogP contribution in [0.3, 0.4) is 0 Å². The Morgan fingerprint density at radius 1 is 1.33 bits per heavy atom. The molecule has 1 rings (SSSR count). The summed E-state index contributed by atoms with van der Waals surface area (Å²) in [7, 11) is 0. The molecule has 0 aromatic carbocycles. The fourth-order valence-corrected chi connectivity index (χ4v) is 0.611. The molecule has 0 saturated heterocycles. The van der Waals surface area contributed by atoms with Gasteiger partial charge in [0.15, 0.2) is 0 Å². The highest BCUT2D eigenvalue weighted by atomic mass is 35.5. The van der Waals surface area contributed by atoms with Crippen LogP contribution in [-0.4, -0.2) is 6.54 Å². The summed E-state index contributed by atoms with van der Waals surface area (Å²) in [5.74, 6) is 6.79. The summed E-state index contributed by atoms with van der Waals surface area (Å²) in [6.07, 6.45) is 3.86. The summed E-state index contributed by atoms with van der Waals surface area (Å²) in [6.45, 7) is 0.521. The van der Waals surface area contributed by atoms with Crippen LogP contribution in [0.2, 0.25) is 0 Å². The fraction of sp³-hybridized carbons (Fsp3) is 0.714. The third-order valence-electron chi connectivity index (χ3n) is 1.31. The third kappa shape index (κ3) is 4.32. The highest BCUT2D eigenvalue weighted by Crippen LogP contribution is 2.31. The molecule has 0 bridgehead atoms. The SMILES string of the molecule is Cl.NCC#CCC1CC1. The maximum atomic E-state index is 5.16. The molecule has 1 aliphatic rings. The summed E-state index contributed by atoms with van der Waals surface area (Å²) >= 11 is 0. The van der Waals surface area contributed by atoms with E-state index in [4.69, 9.17) is 5.73 Å². The van der Waals surface area contributed by atoms with Crippen LogP contribution in [0.15, 0.2) is 0 Å². The van der Waals surface area contributed by atoms with Crippen LogP contribution in [0.1, 0.15) is 19.3 Å². The molecule has 0 aromatic rings. The minimum Gasteiger partial charge on any atom is -0.320 e. The Balaban J connectivity index is 0.000000640. The second kappa shape index (κ2) is 4.67. The largest absolute Gasteiger partial charge is 0.320 e. The van der Waals surface area contributed by atoms with Crippen LogP contribution in [0.4, 0.5) is 0 Å². The number of rotatable bonds is 1. The molecule has 1 fully saturated rings. The maximum absolute atomic E-state index is 5.16. The van der Waals surface area contributed by atoms with E-state index in [9.17, 15) is 0 Å². The number of hydrogen-bond acceptors (Lipinski definition) is 1. The predicted molar refractivity (Wildman–Crippen MR) is 41.4 cm³/mol. The first-order valence-corrected chi connectivity index (χ1v) is 3.09. The quantitative estimate of drug-likeness (QED) is 0.551. The summed E-state index contributed by atoms with van der Waals surface area (Å²) in [5, 5.41) is 0. The van der Waals surface area contributed by atoms with Crippen LogP contribution in [0.25, 0.3) is 0 Å². The van der Waals surface area contributed by atoms with Gasteiger partial charge in [0.2, 0.25) is 0 Å². The Morgan fingerprint density at radius 2 is 2.00 bits per heavy atom. The van der Waals surface area contributed by atoms with Gasteiger partial charge in [0.05, 0.1) is 6.54 Å². The molecule has 0 aromatic heterocycles. The van der Waals surface area contributed by atoms with Crippen molar-refractivity contribution in [3.63, 3.8) is 0 Å². The lowest BCUT2D eigenvalue weighted by molar-refractivity contribution is 0.883. The highest BCUT2D eigenvalue weighted by molar-refractivity contribution is 5.85. The van der Waals surface area contributed by atoms with Crippen LogP contribution in [0.5, 0.6) is 0 Å². The standard InChI is InChI=1S/C7H11N.ClH/c8-6-2-1-3-7-4-5-7;/h7H,3-6,8H2;1H. The van der Waals surface area contributed by atoms with Crippen molar-refractivity contribution >= 4 is 12.4 Å². The second-order valence-electron chi connectivity index (χ2n) is 2.21. The van der Waals surface area contributed by atoms with Gasteiger partial charge in [-0.25, -0.2) is 0 Å². The molecule has 0 spiro atoms. The van der Waals surface area contributed by atoms with Crippen molar-refractivity contribution in [3.8, 4) is 11.8 Å². The van der Waals surface area contributed by atoms with Crippen LogP contribution in [0, 0.1) is 17.8 Å². The van der Waals surface area contributed by atoms with Gasteiger partial charge in [-0.1, -0.05) is 5.92 Å². The van der Waals surface area contributed by atoms with Crippen molar-refractivity contribution in [2.24, 2.45) is 11.7 Å². The van der Waals surface area contributed by atoms with Gasteiger partial charge in [-0.3, -0.25) is 0 Å². The Morgan fingerprint density at radius 3 is 2.44 bits per heavy atom. The Bertz CT molecular complexity index is 119. The lowest BCUT2D eigenvalue weighted by atomic mass is 10.3. The minimum atomic E-state index is 0. The molecule has 0 aliphatic heterocycles. The van der Waals surface area contributed by atoms with Crippen molar-refractivity contribution < 1.29 is 0 Å². The van der Waals surface area contributed by atoms with Gasteiger partial charge < -0.3 is 5.73 Å². The first kappa shape index (κ1) is 8.81. The van der Waals surface area contributed by atoms with Crippen molar-refractivity contribution in [1.82, 2.24) is 0 Å². The predicted octanol–water partition coefficient (Wildman–Crippen LogP) is 1.17. The van der Waals surface area contributed by atoms with E-state index in [2.05, 4.69) is 11.8 Å². The zero-order valence-electron chi connectivity index (χ0n) is 5.39. The molecule has 0 unspecified atom stereocenters. The summed E-state index contributed by atoms with van der Waals surface area (Å²) in [4.78, 5) is 0. The molecule has 1 nitrogen and oxygen atoms in total. The van der Waals surface area contributed by atoms with E-state index in [1.54, 1.807) is 0 Å². The van der Waals surface area contributed by atoms with Gasteiger partial charge in [-0.15, -0.1) is 18.3 Å². The highest BCUT2D eigenvalue weighted by Gasteiger charge is 2.18.